The number of amides is 1. The van der Waals surface area contributed by atoms with Crippen molar-refractivity contribution < 1.29 is 4.79 Å². The van der Waals surface area contributed by atoms with Gasteiger partial charge < -0.3 is 9.88 Å². The molecule has 0 aliphatic heterocycles. The van der Waals surface area contributed by atoms with E-state index in [1.165, 1.54) is 31.4 Å². The quantitative estimate of drug-likeness (QED) is 0.620. The van der Waals surface area contributed by atoms with E-state index < -0.39 is 0 Å². The van der Waals surface area contributed by atoms with Crippen LogP contribution in [0.3, 0.4) is 0 Å². The van der Waals surface area contributed by atoms with E-state index in [9.17, 15) is 10.1 Å². The number of anilines is 1. The summed E-state index contributed by atoms with van der Waals surface area (Å²) in [4.78, 5) is 12.6. The number of aromatic nitrogens is 1. The SMILES string of the molecule is Cc1ccccc1NC(=O)/C(C#N)=C\c1cc(C)n(C2CCCC2)c1C. The molecule has 1 aromatic heterocycles. The van der Waals surface area contributed by atoms with E-state index in [4.69, 9.17) is 0 Å². The predicted molar refractivity (Wildman–Crippen MR) is 105 cm³/mol. The fourth-order valence-corrected chi connectivity index (χ4v) is 3.88. The second-order valence-corrected chi connectivity index (χ2v) is 7.07. The van der Waals surface area contributed by atoms with Gasteiger partial charge in [-0.15, -0.1) is 0 Å². The van der Waals surface area contributed by atoms with Crippen molar-refractivity contribution in [2.75, 3.05) is 5.32 Å². The van der Waals surface area contributed by atoms with Crippen molar-refractivity contribution in [2.24, 2.45) is 0 Å². The summed E-state index contributed by atoms with van der Waals surface area (Å²) in [5, 5.41) is 12.3. The van der Waals surface area contributed by atoms with Crippen molar-refractivity contribution in [3.63, 3.8) is 0 Å². The summed E-state index contributed by atoms with van der Waals surface area (Å²) in [7, 11) is 0. The van der Waals surface area contributed by atoms with Crippen LogP contribution in [-0.2, 0) is 4.79 Å². The van der Waals surface area contributed by atoms with Gasteiger partial charge in [-0.1, -0.05) is 31.0 Å². The number of rotatable bonds is 4. The molecule has 1 amide bonds. The molecule has 0 atom stereocenters. The maximum absolute atomic E-state index is 12.6. The Bertz CT molecular complexity index is 893. The second-order valence-electron chi connectivity index (χ2n) is 7.07. The van der Waals surface area contributed by atoms with Gasteiger partial charge in [0.25, 0.3) is 5.91 Å². The third-order valence-electron chi connectivity index (χ3n) is 5.27. The van der Waals surface area contributed by atoms with Crippen LogP contribution in [0.15, 0.2) is 35.9 Å². The zero-order chi connectivity index (χ0) is 18.7. The fraction of sp³-hybridized carbons (Fsp3) is 0.364. The Hall–Kier alpha value is -2.80. The van der Waals surface area contributed by atoms with Crippen molar-refractivity contribution in [1.82, 2.24) is 4.57 Å². The number of hydrogen-bond acceptors (Lipinski definition) is 2. The molecule has 4 heteroatoms. The molecule has 26 heavy (non-hydrogen) atoms. The molecule has 0 unspecified atom stereocenters. The van der Waals surface area contributed by atoms with Crippen molar-refractivity contribution >= 4 is 17.7 Å². The summed E-state index contributed by atoms with van der Waals surface area (Å²) in [6.07, 6.45) is 6.67. The highest BCUT2D eigenvalue weighted by atomic mass is 16.1. The highest BCUT2D eigenvalue weighted by Crippen LogP contribution is 2.33. The highest BCUT2D eigenvalue weighted by Gasteiger charge is 2.21. The smallest absolute Gasteiger partial charge is 0.266 e. The van der Waals surface area contributed by atoms with Gasteiger partial charge >= 0.3 is 0 Å². The van der Waals surface area contributed by atoms with E-state index in [2.05, 4.69) is 35.9 Å². The first kappa shape index (κ1) is 18.0. The lowest BCUT2D eigenvalue weighted by molar-refractivity contribution is -0.112. The minimum absolute atomic E-state index is 0.125. The summed E-state index contributed by atoms with van der Waals surface area (Å²) in [5.41, 5.74) is 5.10. The molecule has 1 aromatic carbocycles. The van der Waals surface area contributed by atoms with E-state index in [0.29, 0.717) is 6.04 Å². The number of nitrogens with zero attached hydrogens (tertiary/aromatic N) is 2. The van der Waals surface area contributed by atoms with E-state index in [0.717, 1.165) is 22.5 Å². The lowest BCUT2D eigenvalue weighted by Gasteiger charge is -2.17. The summed E-state index contributed by atoms with van der Waals surface area (Å²) in [6, 6.07) is 12.2. The molecule has 1 heterocycles. The highest BCUT2D eigenvalue weighted by molar-refractivity contribution is 6.10. The minimum atomic E-state index is -0.368. The van der Waals surface area contributed by atoms with Crippen LogP contribution in [-0.4, -0.2) is 10.5 Å². The Morgan fingerprint density at radius 1 is 1.23 bits per heavy atom. The lowest BCUT2D eigenvalue weighted by Crippen LogP contribution is -2.14. The topological polar surface area (TPSA) is 57.8 Å². The molecule has 3 rings (SSSR count). The van der Waals surface area contributed by atoms with Crippen molar-refractivity contribution in [1.29, 1.82) is 5.26 Å². The molecule has 1 aliphatic rings. The van der Waals surface area contributed by atoms with E-state index in [-0.39, 0.29) is 11.5 Å². The lowest BCUT2D eigenvalue weighted by atomic mass is 10.1. The third-order valence-corrected chi connectivity index (χ3v) is 5.27. The van der Waals surface area contributed by atoms with Gasteiger partial charge in [-0.2, -0.15) is 5.26 Å². The number of nitriles is 1. The number of para-hydroxylation sites is 1. The van der Waals surface area contributed by atoms with Crippen LogP contribution >= 0.6 is 0 Å². The predicted octanol–water partition coefficient (Wildman–Crippen LogP) is 5.07. The molecule has 0 bridgehead atoms. The number of carbonyl (C=O) groups excluding carboxylic acids is 1. The van der Waals surface area contributed by atoms with Gasteiger partial charge in [0.1, 0.15) is 11.6 Å². The van der Waals surface area contributed by atoms with Crippen LogP contribution in [0, 0.1) is 32.1 Å². The Kier molecular flexibility index (Phi) is 5.27. The van der Waals surface area contributed by atoms with Crippen molar-refractivity contribution in [2.45, 2.75) is 52.5 Å². The van der Waals surface area contributed by atoms with Crippen LogP contribution in [0.2, 0.25) is 0 Å². The summed E-state index contributed by atoms with van der Waals surface area (Å²) < 4.78 is 2.37. The molecule has 1 fully saturated rings. The number of aryl methyl sites for hydroxylation is 2. The first-order valence-electron chi connectivity index (χ1n) is 9.18. The zero-order valence-corrected chi connectivity index (χ0v) is 15.7. The first-order valence-corrected chi connectivity index (χ1v) is 9.18. The number of nitrogens with one attached hydrogen (secondary N) is 1. The molecular formula is C22H25N3O. The summed E-state index contributed by atoms with van der Waals surface area (Å²) in [5.74, 6) is -0.368. The molecule has 134 valence electrons. The van der Waals surface area contributed by atoms with E-state index in [1.807, 2.05) is 31.2 Å². The van der Waals surface area contributed by atoms with Gasteiger partial charge in [0, 0.05) is 23.1 Å². The number of carbonyl (C=O) groups is 1. The Morgan fingerprint density at radius 3 is 2.58 bits per heavy atom. The molecule has 1 aliphatic carbocycles. The molecule has 0 radical (unpaired) electrons. The molecule has 4 nitrogen and oxygen atoms in total. The van der Waals surface area contributed by atoms with Gasteiger partial charge in [0.15, 0.2) is 0 Å². The Balaban J connectivity index is 1.87. The van der Waals surface area contributed by atoms with Crippen LogP contribution < -0.4 is 5.32 Å². The van der Waals surface area contributed by atoms with Crippen molar-refractivity contribution in [3.05, 3.63) is 58.4 Å². The second kappa shape index (κ2) is 7.61. The van der Waals surface area contributed by atoms with Gasteiger partial charge in [-0.05, 0) is 62.9 Å². The maximum atomic E-state index is 12.6. The standard InChI is InChI=1S/C22H25N3O/c1-15-8-4-7-11-21(15)24-22(26)19(14-23)13-18-12-16(2)25(17(18)3)20-9-5-6-10-20/h4,7-8,11-13,20H,5-6,9-10H2,1-3H3,(H,24,26)/b19-13-. The average Bonchev–Trinajstić information content (AvgIpc) is 3.22. The van der Waals surface area contributed by atoms with Crippen LogP contribution in [0.25, 0.3) is 6.08 Å². The minimum Gasteiger partial charge on any atom is -0.346 e. The van der Waals surface area contributed by atoms with Gasteiger partial charge in [0.05, 0.1) is 0 Å². The summed E-state index contributed by atoms with van der Waals surface area (Å²) in [6.45, 7) is 6.11. The Labute approximate surface area is 155 Å². The zero-order valence-electron chi connectivity index (χ0n) is 15.7. The third kappa shape index (κ3) is 3.57. The Morgan fingerprint density at radius 2 is 1.92 bits per heavy atom. The maximum Gasteiger partial charge on any atom is 0.266 e. The number of hydrogen-bond donors (Lipinski definition) is 1. The van der Waals surface area contributed by atoms with E-state index in [1.54, 1.807) is 6.08 Å². The molecule has 1 saturated carbocycles. The van der Waals surface area contributed by atoms with Gasteiger partial charge in [-0.3, -0.25) is 4.79 Å². The summed E-state index contributed by atoms with van der Waals surface area (Å²) >= 11 is 0. The van der Waals surface area contributed by atoms with E-state index >= 15 is 0 Å². The van der Waals surface area contributed by atoms with Crippen molar-refractivity contribution in [3.8, 4) is 6.07 Å². The largest absolute Gasteiger partial charge is 0.346 e. The van der Waals surface area contributed by atoms with Crippen LogP contribution in [0.1, 0.15) is 54.2 Å². The fourth-order valence-electron chi connectivity index (χ4n) is 3.88. The van der Waals surface area contributed by atoms with Crippen LogP contribution in [0.4, 0.5) is 5.69 Å². The molecular weight excluding hydrogens is 322 g/mol. The number of benzene rings is 1. The van der Waals surface area contributed by atoms with Gasteiger partial charge in [-0.25, -0.2) is 0 Å². The molecule has 0 spiro atoms. The molecule has 2 aromatic rings. The van der Waals surface area contributed by atoms with Crippen LogP contribution in [0.5, 0.6) is 0 Å². The molecule has 0 saturated heterocycles. The average molecular weight is 347 g/mol. The monoisotopic (exact) mass is 347 g/mol. The first-order chi connectivity index (χ1) is 12.5. The normalized spacial score (nSPS) is 15.1. The van der Waals surface area contributed by atoms with Gasteiger partial charge in [0.2, 0.25) is 0 Å². The molecule has 1 N–H and O–H groups in total.